The zero-order valence-corrected chi connectivity index (χ0v) is 19.9. The van der Waals surface area contributed by atoms with Crippen molar-refractivity contribution in [2.75, 3.05) is 27.9 Å². The second kappa shape index (κ2) is 10.3. The number of hydrogen-bond acceptors (Lipinski definition) is 6. The average molecular weight is 474 g/mol. The lowest BCUT2D eigenvalue weighted by Crippen LogP contribution is -2.31. The van der Waals surface area contributed by atoms with Gasteiger partial charge in [-0.1, -0.05) is 36.4 Å². The fraction of sp³-hybridized carbons (Fsp3) is 0.214. The van der Waals surface area contributed by atoms with Crippen LogP contribution in [-0.2, 0) is 16.0 Å². The number of amides is 1. The Morgan fingerprint density at radius 3 is 2.17 bits per heavy atom. The molecule has 0 saturated carbocycles. The molecule has 3 aromatic rings. The molecule has 0 bridgehead atoms. The number of rotatable bonds is 8. The van der Waals surface area contributed by atoms with E-state index in [1.165, 1.54) is 4.90 Å². The molecule has 180 valence electrons. The van der Waals surface area contributed by atoms with E-state index in [1.807, 2.05) is 42.5 Å². The van der Waals surface area contributed by atoms with E-state index in [9.17, 15) is 14.7 Å². The molecule has 1 aliphatic rings. The molecule has 4 rings (SSSR count). The van der Waals surface area contributed by atoms with Crippen LogP contribution >= 0.6 is 0 Å². The summed E-state index contributed by atoms with van der Waals surface area (Å²) in [6, 6.07) is 20.8. The molecule has 35 heavy (non-hydrogen) atoms. The number of hydrogen-bond donors (Lipinski definition) is 1. The summed E-state index contributed by atoms with van der Waals surface area (Å²) < 4.78 is 15.9. The number of aliphatic hydroxyl groups is 1. The molecule has 1 fully saturated rings. The first-order valence-electron chi connectivity index (χ1n) is 11.2. The zero-order chi connectivity index (χ0) is 24.9. The lowest BCUT2D eigenvalue weighted by atomic mass is 9.95. The maximum atomic E-state index is 13.2. The van der Waals surface area contributed by atoms with Gasteiger partial charge < -0.3 is 24.2 Å². The van der Waals surface area contributed by atoms with Gasteiger partial charge in [-0.3, -0.25) is 9.59 Å². The van der Waals surface area contributed by atoms with Crippen molar-refractivity contribution in [1.82, 2.24) is 4.90 Å². The van der Waals surface area contributed by atoms with E-state index in [4.69, 9.17) is 14.2 Å². The third-order valence-corrected chi connectivity index (χ3v) is 6.11. The van der Waals surface area contributed by atoms with E-state index in [2.05, 4.69) is 0 Å². The van der Waals surface area contributed by atoms with Gasteiger partial charge in [0, 0.05) is 12.1 Å². The number of aliphatic hydroxyl groups excluding tert-OH is 1. The Bertz CT molecular complexity index is 1250. The first kappa shape index (κ1) is 23.9. The van der Waals surface area contributed by atoms with Gasteiger partial charge >= 0.3 is 0 Å². The van der Waals surface area contributed by atoms with Crippen LogP contribution in [0, 0.1) is 0 Å². The fourth-order valence-corrected chi connectivity index (χ4v) is 4.28. The molecule has 1 amide bonds. The van der Waals surface area contributed by atoms with Crippen molar-refractivity contribution >= 4 is 17.4 Å². The quantitative estimate of drug-likeness (QED) is 0.297. The van der Waals surface area contributed by atoms with Crippen LogP contribution in [0.2, 0.25) is 0 Å². The minimum Gasteiger partial charge on any atom is -0.507 e. The second-order valence-electron chi connectivity index (χ2n) is 8.07. The highest BCUT2D eigenvalue weighted by molar-refractivity contribution is 6.46. The van der Waals surface area contributed by atoms with Gasteiger partial charge in [0.15, 0.2) is 11.5 Å². The average Bonchev–Trinajstić information content (AvgIpc) is 3.16. The van der Waals surface area contributed by atoms with Crippen molar-refractivity contribution in [1.29, 1.82) is 0 Å². The van der Waals surface area contributed by atoms with Crippen molar-refractivity contribution in [3.8, 4) is 17.2 Å². The summed E-state index contributed by atoms with van der Waals surface area (Å²) in [5, 5.41) is 11.1. The van der Waals surface area contributed by atoms with Crippen molar-refractivity contribution < 1.29 is 28.9 Å². The topological polar surface area (TPSA) is 85.3 Å². The van der Waals surface area contributed by atoms with E-state index < -0.39 is 17.7 Å². The highest BCUT2D eigenvalue weighted by atomic mass is 16.5. The minimum absolute atomic E-state index is 0.0682. The van der Waals surface area contributed by atoms with Crippen molar-refractivity contribution in [2.45, 2.75) is 12.5 Å². The zero-order valence-electron chi connectivity index (χ0n) is 19.9. The smallest absolute Gasteiger partial charge is 0.295 e. The van der Waals surface area contributed by atoms with E-state index in [0.717, 1.165) is 11.1 Å². The molecule has 0 radical (unpaired) electrons. The van der Waals surface area contributed by atoms with E-state index in [0.29, 0.717) is 29.2 Å². The molecule has 0 unspecified atom stereocenters. The first-order valence-corrected chi connectivity index (χ1v) is 11.2. The maximum absolute atomic E-state index is 13.2. The number of carbonyl (C=O) groups is 2. The SMILES string of the molecule is COc1ccc(C(O)=C2C(=O)C(=O)N(CCc3ccc(OC)c(OC)c3)[C@H]2c2ccccc2)cc1. The Hall–Kier alpha value is -4.26. The number of likely N-dealkylation sites (tertiary alicyclic amines) is 1. The minimum atomic E-state index is -0.710. The number of benzene rings is 3. The van der Waals surface area contributed by atoms with Gasteiger partial charge in [0.05, 0.1) is 32.9 Å². The molecule has 0 aliphatic carbocycles. The number of nitrogens with zero attached hydrogens (tertiary/aromatic N) is 1. The van der Waals surface area contributed by atoms with Crippen LogP contribution in [0.25, 0.3) is 5.76 Å². The predicted molar refractivity (Wildman–Crippen MR) is 132 cm³/mol. The Kier molecular flexibility index (Phi) is 7.06. The number of ketones is 1. The molecule has 0 aromatic heterocycles. The molecule has 7 nitrogen and oxygen atoms in total. The van der Waals surface area contributed by atoms with Gasteiger partial charge in [0.1, 0.15) is 11.5 Å². The first-order chi connectivity index (χ1) is 17.0. The van der Waals surface area contributed by atoms with Crippen molar-refractivity contribution in [3.05, 3.63) is 95.1 Å². The van der Waals surface area contributed by atoms with Crippen LogP contribution in [0.4, 0.5) is 0 Å². The number of ether oxygens (including phenoxy) is 3. The van der Waals surface area contributed by atoms with Crippen LogP contribution in [-0.4, -0.2) is 49.6 Å². The summed E-state index contributed by atoms with van der Waals surface area (Å²) in [6.45, 7) is 0.277. The van der Waals surface area contributed by atoms with Gasteiger partial charge in [0.25, 0.3) is 11.7 Å². The predicted octanol–water partition coefficient (Wildman–Crippen LogP) is 4.38. The third kappa shape index (κ3) is 4.71. The van der Waals surface area contributed by atoms with Gasteiger partial charge in [-0.2, -0.15) is 0 Å². The molecular formula is C28H27NO6. The Balaban J connectivity index is 1.71. The highest BCUT2D eigenvalue weighted by Gasteiger charge is 2.45. The molecule has 7 heteroatoms. The summed E-state index contributed by atoms with van der Waals surface area (Å²) >= 11 is 0. The summed E-state index contributed by atoms with van der Waals surface area (Å²) in [6.07, 6.45) is 0.485. The summed E-state index contributed by atoms with van der Waals surface area (Å²) in [5.41, 5.74) is 2.17. The normalized spacial score (nSPS) is 16.9. The molecule has 1 saturated heterocycles. The fourth-order valence-electron chi connectivity index (χ4n) is 4.28. The molecule has 1 heterocycles. The summed E-state index contributed by atoms with van der Waals surface area (Å²) in [5.74, 6) is 0.255. The monoisotopic (exact) mass is 473 g/mol. The van der Waals surface area contributed by atoms with Gasteiger partial charge in [0.2, 0.25) is 0 Å². The van der Waals surface area contributed by atoms with Gasteiger partial charge in [-0.25, -0.2) is 0 Å². The number of Topliss-reactive ketones (excluding diaryl/α,β-unsaturated/α-hetero) is 1. The summed E-state index contributed by atoms with van der Waals surface area (Å²) in [4.78, 5) is 27.8. The van der Waals surface area contributed by atoms with Gasteiger partial charge in [-0.15, -0.1) is 0 Å². The Morgan fingerprint density at radius 1 is 0.857 bits per heavy atom. The van der Waals surface area contributed by atoms with Crippen LogP contribution in [0.1, 0.15) is 22.7 Å². The van der Waals surface area contributed by atoms with Crippen molar-refractivity contribution in [3.63, 3.8) is 0 Å². The van der Waals surface area contributed by atoms with Crippen molar-refractivity contribution in [2.24, 2.45) is 0 Å². The largest absolute Gasteiger partial charge is 0.507 e. The van der Waals surface area contributed by atoms with Crippen LogP contribution in [0.15, 0.2) is 78.4 Å². The summed E-state index contributed by atoms with van der Waals surface area (Å²) in [7, 11) is 4.68. The second-order valence-corrected chi connectivity index (χ2v) is 8.07. The molecular weight excluding hydrogens is 446 g/mol. The van der Waals surface area contributed by atoms with Crippen LogP contribution < -0.4 is 14.2 Å². The number of methoxy groups -OCH3 is 3. The third-order valence-electron chi connectivity index (χ3n) is 6.11. The van der Waals surface area contributed by atoms with E-state index in [-0.39, 0.29) is 17.9 Å². The van der Waals surface area contributed by atoms with Crippen LogP contribution in [0.3, 0.4) is 0 Å². The van der Waals surface area contributed by atoms with Gasteiger partial charge in [-0.05, 0) is 53.9 Å². The Morgan fingerprint density at radius 2 is 1.54 bits per heavy atom. The number of carbonyl (C=O) groups excluding carboxylic acids is 2. The molecule has 1 atom stereocenters. The van der Waals surface area contributed by atoms with E-state index >= 15 is 0 Å². The lowest BCUT2D eigenvalue weighted by molar-refractivity contribution is -0.139. The molecule has 1 N–H and O–H groups in total. The standard InChI is InChI=1S/C28H27NO6/c1-33-21-12-10-20(11-13-21)26(30)24-25(19-7-5-4-6-8-19)29(28(32)27(24)31)16-15-18-9-14-22(34-2)23(17-18)35-3/h4-14,17,25,30H,15-16H2,1-3H3/t25-/m0/s1. The maximum Gasteiger partial charge on any atom is 0.295 e. The lowest BCUT2D eigenvalue weighted by Gasteiger charge is -2.25. The van der Waals surface area contributed by atoms with E-state index in [1.54, 1.807) is 51.7 Å². The molecule has 1 aliphatic heterocycles. The molecule has 0 spiro atoms. The van der Waals surface area contributed by atoms with Crippen LogP contribution in [0.5, 0.6) is 17.2 Å². The highest BCUT2D eigenvalue weighted by Crippen LogP contribution is 2.39. The Labute approximate surface area is 204 Å². The molecule has 3 aromatic carbocycles.